The summed E-state index contributed by atoms with van der Waals surface area (Å²) in [5.41, 5.74) is 5.02. The molecule has 1 aromatic heterocycles. The van der Waals surface area contributed by atoms with E-state index in [1.54, 1.807) is 18.0 Å². The van der Waals surface area contributed by atoms with Gasteiger partial charge in [-0.2, -0.15) is 0 Å². The highest BCUT2D eigenvalue weighted by Gasteiger charge is 2.04. The third kappa shape index (κ3) is 6.39. The van der Waals surface area contributed by atoms with Gasteiger partial charge in [-0.05, 0) is 48.4 Å². The monoisotopic (exact) mass is 407 g/mol. The maximum absolute atomic E-state index is 4.78. The fourth-order valence-corrected chi connectivity index (χ4v) is 3.81. The lowest BCUT2D eigenvalue weighted by Gasteiger charge is -2.14. The second kappa shape index (κ2) is 10.7. The highest BCUT2D eigenvalue weighted by atomic mass is 32.2. The van der Waals surface area contributed by atoms with E-state index in [0.29, 0.717) is 6.54 Å². The Hall–Kier alpha value is -2.73. The quantitative estimate of drug-likeness (QED) is 0.334. The molecule has 0 atom stereocenters. The first-order chi connectivity index (χ1) is 14.2. The Morgan fingerprint density at radius 3 is 2.76 bits per heavy atom. The molecule has 5 nitrogen and oxygen atoms in total. The molecule has 0 saturated carbocycles. The van der Waals surface area contributed by atoms with Crippen LogP contribution in [0.15, 0.2) is 71.1 Å². The number of guanidine groups is 1. The zero-order chi connectivity index (χ0) is 20.5. The number of thioether (sulfide) groups is 1. The summed E-state index contributed by atoms with van der Waals surface area (Å²) in [7, 11) is 0. The number of hydrogen-bond donors (Lipinski definition) is 2. The molecule has 3 aromatic rings. The summed E-state index contributed by atoms with van der Waals surface area (Å²) in [6.07, 6.45) is 7.74. The van der Waals surface area contributed by atoms with Crippen LogP contribution in [0.5, 0.6) is 0 Å². The van der Waals surface area contributed by atoms with Gasteiger partial charge < -0.3 is 15.2 Å². The van der Waals surface area contributed by atoms with Gasteiger partial charge >= 0.3 is 0 Å². The number of nitrogens with one attached hydrogen (secondary N) is 2. The van der Waals surface area contributed by atoms with Gasteiger partial charge in [0.15, 0.2) is 5.96 Å². The summed E-state index contributed by atoms with van der Waals surface area (Å²) in [6.45, 7) is 7.25. The lowest BCUT2D eigenvalue weighted by atomic mass is 10.1. The Morgan fingerprint density at radius 1 is 1.14 bits per heavy atom. The number of benzene rings is 2. The van der Waals surface area contributed by atoms with Crippen LogP contribution in [0, 0.1) is 6.92 Å². The first kappa shape index (κ1) is 21.0. The topological polar surface area (TPSA) is 54.2 Å². The zero-order valence-corrected chi connectivity index (χ0v) is 18.2. The van der Waals surface area contributed by atoms with Crippen molar-refractivity contribution in [2.24, 2.45) is 4.99 Å². The summed E-state index contributed by atoms with van der Waals surface area (Å²) in [4.78, 5) is 10.2. The summed E-state index contributed by atoms with van der Waals surface area (Å²) >= 11 is 1.78. The van der Waals surface area contributed by atoms with Crippen LogP contribution in [0.4, 0.5) is 0 Å². The molecule has 0 fully saturated rings. The molecule has 3 rings (SSSR count). The van der Waals surface area contributed by atoms with Crippen LogP contribution >= 0.6 is 11.8 Å². The molecule has 0 radical (unpaired) electrons. The van der Waals surface area contributed by atoms with Gasteiger partial charge in [0.05, 0.1) is 12.9 Å². The van der Waals surface area contributed by atoms with E-state index in [-0.39, 0.29) is 0 Å². The number of aryl methyl sites for hydroxylation is 1. The van der Waals surface area contributed by atoms with E-state index in [2.05, 4.69) is 82.8 Å². The Bertz CT molecular complexity index is 934. The van der Waals surface area contributed by atoms with Gasteiger partial charge in [-0.3, -0.25) is 0 Å². The average molecular weight is 408 g/mol. The van der Waals surface area contributed by atoms with Crippen LogP contribution in [0.3, 0.4) is 0 Å². The van der Waals surface area contributed by atoms with E-state index in [1.165, 1.54) is 27.1 Å². The molecule has 0 unspecified atom stereocenters. The van der Waals surface area contributed by atoms with Crippen molar-refractivity contribution >= 4 is 17.7 Å². The SMILES string of the molecule is CCNC(=NCc1cccc(Cn2ccnc2)c1)NCc1ccc(C)cc1SC. The molecule has 0 amide bonds. The van der Waals surface area contributed by atoms with Crippen molar-refractivity contribution < 1.29 is 0 Å². The van der Waals surface area contributed by atoms with Crippen molar-refractivity contribution in [3.05, 3.63) is 83.4 Å². The molecular weight excluding hydrogens is 378 g/mol. The van der Waals surface area contributed by atoms with Crippen LogP contribution in [0.25, 0.3) is 0 Å². The molecule has 0 aliphatic rings. The second-order valence-corrected chi connectivity index (χ2v) is 7.77. The molecule has 2 aromatic carbocycles. The van der Waals surface area contributed by atoms with Gasteiger partial charge in [-0.25, -0.2) is 9.98 Å². The zero-order valence-electron chi connectivity index (χ0n) is 17.4. The van der Waals surface area contributed by atoms with Crippen LogP contribution in [0.1, 0.15) is 29.2 Å². The first-order valence-electron chi connectivity index (χ1n) is 9.87. The average Bonchev–Trinajstić information content (AvgIpc) is 3.24. The van der Waals surface area contributed by atoms with Gasteiger partial charge in [0.1, 0.15) is 0 Å². The van der Waals surface area contributed by atoms with Gasteiger partial charge in [-0.1, -0.05) is 36.4 Å². The van der Waals surface area contributed by atoms with Crippen molar-refractivity contribution in [3.8, 4) is 0 Å². The number of imidazole rings is 1. The number of hydrogen-bond acceptors (Lipinski definition) is 3. The molecular formula is C23H29N5S. The minimum atomic E-state index is 0.635. The minimum absolute atomic E-state index is 0.635. The first-order valence-corrected chi connectivity index (χ1v) is 11.1. The third-order valence-corrected chi connectivity index (χ3v) is 5.39. The van der Waals surface area contributed by atoms with E-state index in [0.717, 1.165) is 25.6 Å². The van der Waals surface area contributed by atoms with Gasteiger partial charge in [0.2, 0.25) is 0 Å². The van der Waals surface area contributed by atoms with Crippen molar-refractivity contribution in [2.75, 3.05) is 12.8 Å². The van der Waals surface area contributed by atoms with Crippen LogP contribution in [-0.4, -0.2) is 28.3 Å². The smallest absolute Gasteiger partial charge is 0.191 e. The number of aromatic nitrogens is 2. The summed E-state index contributed by atoms with van der Waals surface area (Å²) in [5.74, 6) is 0.833. The van der Waals surface area contributed by atoms with Gasteiger partial charge in [-0.15, -0.1) is 11.8 Å². The Balaban J connectivity index is 1.65. The van der Waals surface area contributed by atoms with E-state index in [1.807, 2.05) is 12.5 Å². The molecule has 0 aliphatic carbocycles. The number of nitrogens with zero attached hydrogens (tertiary/aromatic N) is 3. The Morgan fingerprint density at radius 2 is 2.00 bits per heavy atom. The largest absolute Gasteiger partial charge is 0.357 e. The molecule has 0 bridgehead atoms. The Kier molecular flexibility index (Phi) is 7.76. The summed E-state index contributed by atoms with van der Waals surface area (Å²) < 4.78 is 2.07. The summed E-state index contributed by atoms with van der Waals surface area (Å²) in [6, 6.07) is 15.1. The molecule has 6 heteroatoms. The second-order valence-electron chi connectivity index (χ2n) is 6.92. The maximum atomic E-state index is 4.78. The lowest BCUT2D eigenvalue weighted by molar-refractivity contribution is 0.792. The molecule has 152 valence electrons. The molecule has 2 N–H and O–H groups in total. The third-order valence-electron chi connectivity index (χ3n) is 4.57. The van der Waals surface area contributed by atoms with E-state index < -0.39 is 0 Å². The molecule has 0 aliphatic heterocycles. The maximum Gasteiger partial charge on any atom is 0.191 e. The van der Waals surface area contributed by atoms with E-state index >= 15 is 0 Å². The highest BCUT2D eigenvalue weighted by molar-refractivity contribution is 7.98. The predicted molar refractivity (Wildman–Crippen MR) is 122 cm³/mol. The van der Waals surface area contributed by atoms with E-state index in [4.69, 9.17) is 4.99 Å². The molecule has 29 heavy (non-hydrogen) atoms. The van der Waals surface area contributed by atoms with Gasteiger partial charge in [0, 0.05) is 36.9 Å². The fourth-order valence-electron chi connectivity index (χ4n) is 3.11. The van der Waals surface area contributed by atoms with Crippen LogP contribution in [0.2, 0.25) is 0 Å². The molecule has 0 spiro atoms. The Labute approximate surface area is 177 Å². The normalized spacial score (nSPS) is 11.5. The summed E-state index contributed by atoms with van der Waals surface area (Å²) in [5, 5.41) is 6.81. The number of rotatable bonds is 8. The van der Waals surface area contributed by atoms with Crippen molar-refractivity contribution in [1.82, 2.24) is 20.2 Å². The van der Waals surface area contributed by atoms with Gasteiger partial charge in [0.25, 0.3) is 0 Å². The fraction of sp³-hybridized carbons (Fsp3) is 0.304. The standard InChI is InChI=1S/C23H29N5S/c1-4-25-23(27-15-21-9-8-18(2)12-22(21)29-3)26-14-19-6-5-7-20(13-19)16-28-11-10-24-17-28/h5-13,17H,4,14-16H2,1-3H3,(H2,25,26,27). The minimum Gasteiger partial charge on any atom is -0.357 e. The van der Waals surface area contributed by atoms with E-state index in [9.17, 15) is 0 Å². The molecule has 1 heterocycles. The van der Waals surface area contributed by atoms with Crippen LogP contribution in [-0.2, 0) is 19.6 Å². The lowest BCUT2D eigenvalue weighted by Crippen LogP contribution is -2.36. The van der Waals surface area contributed by atoms with Crippen molar-refractivity contribution in [3.63, 3.8) is 0 Å². The van der Waals surface area contributed by atoms with Crippen LogP contribution < -0.4 is 10.6 Å². The number of aliphatic imine (C=N–C) groups is 1. The highest BCUT2D eigenvalue weighted by Crippen LogP contribution is 2.21. The van der Waals surface area contributed by atoms with Crippen molar-refractivity contribution in [2.45, 2.75) is 38.4 Å². The molecule has 0 saturated heterocycles. The van der Waals surface area contributed by atoms with Crippen molar-refractivity contribution in [1.29, 1.82) is 0 Å². The predicted octanol–water partition coefficient (Wildman–Crippen LogP) is 4.22.